The van der Waals surface area contributed by atoms with Crippen LogP contribution in [0.25, 0.3) is 0 Å². The summed E-state index contributed by atoms with van der Waals surface area (Å²) in [6.07, 6.45) is 3.47. The molecule has 16 heavy (non-hydrogen) atoms. The number of carbonyl (C=O) groups is 1. The molecule has 86 valence electrons. The topological polar surface area (TPSA) is 52.3 Å². The molecule has 0 heterocycles. The molecule has 0 spiro atoms. The summed E-state index contributed by atoms with van der Waals surface area (Å²) in [5, 5.41) is 0.489. The Labute approximate surface area is 99.5 Å². The van der Waals surface area contributed by atoms with Gasteiger partial charge >= 0.3 is 5.97 Å². The van der Waals surface area contributed by atoms with E-state index in [0.29, 0.717) is 22.9 Å². The van der Waals surface area contributed by atoms with Crippen LogP contribution in [0.15, 0.2) is 18.2 Å². The minimum absolute atomic E-state index is 0.350. The van der Waals surface area contributed by atoms with Gasteiger partial charge in [0.15, 0.2) is 0 Å². The van der Waals surface area contributed by atoms with E-state index in [1.54, 1.807) is 12.1 Å². The van der Waals surface area contributed by atoms with Crippen LogP contribution < -0.4 is 5.73 Å². The summed E-state index contributed by atoms with van der Waals surface area (Å²) in [4.78, 5) is 11.7. The van der Waals surface area contributed by atoms with Gasteiger partial charge in [-0.3, -0.25) is 0 Å². The van der Waals surface area contributed by atoms with E-state index in [4.69, 9.17) is 22.1 Å². The van der Waals surface area contributed by atoms with E-state index < -0.39 is 0 Å². The van der Waals surface area contributed by atoms with Crippen molar-refractivity contribution in [2.24, 2.45) is 5.92 Å². The zero-order valence-corrected chi connectivity index (χ0v) is 9.67. The van der Waals surface area contributed by atoms with Gasteiger partial charge in [-0.1, -0.05) is 24.4 Å². The van der Waals surface area contributed by atoms with Gasteiger partial charge in [-0.2, -0.15) is 0 Å². The molecule has 0 radical (unpaired) electrons. The molecule has 0 saturated heterocycles. The van der Waals surface area contributed by atoms with Gasteiger partial charge in [0.2, 0.25) is 0 Å². The average molecular weight is 240 g/mol. The zero-order chi connectivity index (χ0) is 11.5. The van der Waals surface area contributed by atoms with E-state index >= 15 is 0 Å². The quantitative estimate of drug-likeness (QED) is 0.649. The molecule has 2 N–H and O–H groups in total. The Kier molecular flexibility index (Phi) is 3.34. The van der Waals surface area contributed by atoms with Crippen LogP contribution in [-0.2, 0) is 4.74 Å². The van der Waals surface area contributed by atoms with Crippen LogP contribution in [0.3, 0.4) is 0 Å². The molecule has 0 unspecified atom stereocenters. The van der Waals surface area contributed by atoms with E-state index in [-0.39, 0.29) is 5.97 Å². The fraction of sp³-hybridized carbons (Fsp3) is 0.417. The number of ether oxygens (including phenoxy) is 1. The smallest absolute Gasteiger partial charge is 0.340 e. The van der Waals surface area contributed by atoms with Gasteiger partial charge in [0.05, 0.1) is 12.2 Å². The molecular weight excluding hydrogens is 226 g/mol. The number of nitrogens with two attached hydrogens (primary N) is 1. The van der Waals surface area contributed by atoms with Crippen molar-refractivity contribution >= 4 is 23.3 Å². The lowest BCUT2D eigenvalue weighted by Crippen LogP contribution is -2.09. The van der Waals surface area contributed by atoms with Crippen LogP contribution in [0.1, 0.15) is 29.6 Å². The van der Waals surface area contributed by atoms with Crippen molar-refractivity contribution in [3.8, 4) is 0 Å². The molecule has 1 aromatic carbocycles. The number of benzene rings is 1. The molecule has 1 aliphatic carbocycles. The molecule has 1 aromatic rings. The Balaban J connectivity index is 1.93. The standard InChI is InChI=1S/C12H14ClNO2/c13-9-3-4-11(14)10(7-9)12(15)16-6-5-8-1-2-8/h3-4,7-8H,1-2,5-6,14H2. The second kappa shape index (κ2) is 4.74. The number of carbonyl (C=O) groups excluding carboxylic acids is 1. The van der Waals surface area contributed by atoms with Gasteiger partial charge in [0.25, 0.3) is 0 Å². The molecule has 0 atom stereocenters. The first-order chi connectivity index (χ1) is 7.66. The highest BCUT2D eigenvalue weighted by atomic mass is 35.5. The van der Waals surface area contributed by atoms with Crippen LogP contribution >= 0.6 is 11.6 Å². The molecule has 1 fully saturated rings. The van der Waals surface area contributed by atoms with Crippen LogP contribution in [-0.4, -0.2) is 12.6 Å². The van der Waals surface area contributed by atoms with Crippen LogP contribution in [0.4, 0.5) is 5.69 Å². The SMILES string of the molecule is Nc1ccc(Cl)cc1C(=O)OCCC1CC1. The van der Waals surface area contributed by atoms with Gasteiger partial charge in [-0.25, -0.2) is 4.79 Å². The van der Waals surface area contributed by atoms with Gasteiger partial charge in [-0.05, 0) is 30.5 Å². The highest BCUT2D eigenvalue weighted by Gasteiger charge is 2.21. The van der Waals surface area contributed by atoms with Crippen molar-refractivity contribution in [2.75, 3.05) is 12.3 Å². The van der Waals surface area contributed by atoms with E-state index in [1.807, 2.05) is 0 Å². The number of hydrogen-bond acceptors (Lipinski definition) is 3. The van der Waals surface area contributed by atoms with Crippen molar-refractivity contribution in [1.29, 1.82) is 0 Å². The molecule has 2 rings (SSSR count). The van der Waals surface area contributed by atoms with Crippen molar-refractivity contribution in [3.05, 3.63) is 28.8 Å². The Bertz CT molecular complexity index is 402. The van der Waals surface area contributed by atoms with Crippen LogP contribution in [0.5, 0.6) is 0 Å². The first kappa shape index (κ1) is 11.3. The fourth-order valence-electron chi connectivity index (χ4n) is 1.51. The highest BCUT2D eigenvalue weighted by Crippen LogP contribution is 2.32. The summed E-state index contributed by atoms with van der Waals surface area (Å²) in [7, 11) is 0. The molecule has 3 nitrogen and oxygen atoms in total. The highest BCUT2D eigenvalue weighted by molar-refractivity contribution is 6.31. The van der Waals surface area contributed by atoms with Gasteiger partial charge in [0.1, 0.15) is 0 Å². The minimum Gasteiger partial charge on any atom is -0.462 e. The van der Waals surface area contributed by atoms with Crippen LogP contribution in [0.2, 0.25) is 5.02 Å². The molecule has 1 aliphatic rings. The summed E-state index contributed by atoms with van der Waals surface area (Å²) in [6.45, 7) is 0.468. The second-order valence-corrected chi connectivity index (χ2v) is 4.54. The molecule has 0 aliphatic heterocycles. The van der Waals surface area contributed by atoms with Crippen molar-refractivity contribution in [1.82, 2.24) is 0 Å². The maximum Gasteiger partial charge on any atom is 0.340 e. The largest absolute Gasteiger partial charge is 0.462 e. The molecular formula is C12H14ClNO2. The number of halogens is 1. The maximum atomic E-state index is 11.7. The van der Waals surface area contributed by atoms with Gasteiger partial charge in [0, 0.05) is 10.7 Å². The first-order valence-corrected chi connectivity index (χ1v) is 5.77. The Morgan fingerprint density at radius 3 is 2.94 bits per heavy atom. The first-order valence-electron chi connectivity index (χ1n) is 5.39. The fourth-order valence-corrected chi connectivity index (χ4v) is 1.68. The normalized spacial score (nSPS) is 14.8. The van der Waals surface area contributed by atoms with Crippen LogP contribution in [0, 0.1) is 5.92 Å². The lowest BCUT2D eigenvalue weighted by Gasteiger charge is -2.06. The third kappa shape index (κ3) is 2.89. The molecule has 0 aromatic heterocycles. The summed E-state index contributed by atoms with van der Waals surface area (Å²) >= 11 is 5.79. The number of nitrogen functional groups attached to an aromatic ring is 1. The number of hydrogen-bond donors (Lipinski definition) is 1. The van der Waals surface area contributed by atoms with E-state index in [0.717, 1.165) is 12.3 Å². The Morgan fingerprint density at radius 2 is 2.25 bits per heavy atom. The minimum atomic E-state index is -0.388. The second-order valence-electron chi connectivity index (χ2n) is 4.10. The predicted molar refractivity (Wildman–Crippen MR) is 63.5 cm³/mol. The molecule has 4 heteroatoms. The van der Waals surface area contributed by atoms with E-state index in [2.05, 4.69) is 0 Å². The summed E-state index contributed by atoms with van der Waals surface area (Å²) < 4.78 is 5.14. The van der Waals surface area contributed by atoms with Crippen molar-refractivity contribution in [2.45, 2.75) is 19.3 Å². The van der Waals surface area contributed by atoms with E-state index in [9.17, 15) is 4.79 Å². The number of rotatable bonds is 4. The third-order valence-corrected chi connectivity index (χ3v) is 2.93. The molecule has 0 amide bonds. The average Bonchev–Trinajstić information content (AvgIpc) is 3.05. The zero-order valence-electron chi connectivity index (χ0n) is 8.91. The summed E-state index contributed by atoms with van der Waals surface area (Å²) in [5.74, 6) is 0.366. The van der Waals surface area contributed by atoms with Crippen molar-refractivity contribution < 1.29 is 9.53 Å². The van der Waals surface area contributed by atoms with Gasteiger partial charge in [-0.15, -0.1) is 0 Å². The van der Waals surface area contributed by atoms with E-state index in [1.165, 1.54) is 18.9 Å². The number of esters is 1. The predicted octanol–water partition coefficient (Wildman–Crippen LogP) is 2.88. The third-order valence-electron chi connectivity index (χ3n) is 2.69. The monoisotopic (exact) mass is 239 g/mol. The summed E-state index contributed by atoms with van der Waals surface area (Å²) in [6, 6.07) is 4.80. The Morgan fingerprint density at radius 1 is 1.50 bits per heavy atom. The lowest BCUT2D eigenvalue weighted by molar-refractivity contribution is 0.0496. The maximum absolute atomic E-state index is 11.7. The molecule has 0 bridgehead atoms. The lowest BCUT2D eigenvalue weighted by atomic mass is 10.2. The number of anilines is 1. The molecule has 1 saturated carbocycles. The van der Waals surface area contributed by atoms with Gasteiger partial charge < -0.3 is 10.5 Å². The van der Waals surface area contributed by atoms with Crippen molar-refractivity contribution in [3.63, 3.8) is 0 Å². The Hall–Kier alpha value is -1.22. The summed E-state index contributed by atoms with van der Waals surface area (Å²) in [5.41, 5.74) is 6.43.